The van der Waals surface area contributed by atoms with Crippen LogP contribution in [0.4, 0.5) is 15.5 Å². The van der Waals surface area contributed by atoms with Gasteiger partial charge in [0.1, 0.15) is 10.8 Å². The average Bonchev–Trinajstić information content (AvgIpc) is 3.04. The first kappa shape index (κ1) is 26.4. The predicted molar refractivity (Wildman–Crippen MR) is 143 cm³/mol. The van der Waals surface area contributed by atoms with Gasteiger partial charge in [-0.05, 0) is 50.7 Å². The number of aryl methyl sites for hydroxylation is 1. The highest BCUT2D eigenvalue weighted by Crippen LogP contribution is 2.40. The van der Waals surface area contributed by atoms with Crippen molar-refractivity contribution < 1.29 is 13.2 Å². The molecule has 36 heavy (non-hydrogen) atoms. The monoisotopic (exact) mass is 533 g/mol. The van der Waals surface area contributed by atoms with Gasteiger partial charge in [0.2, 0.25) is 4.34 Å². The average molecular weight is 534 g/mol. The van der Waals surface area contributed by atoms with E-state index in [1.165, 1.54) is 4.31 Å². The molecule has 196 valence electrons. The molecule has 0 atom stereocenters. The van der Waals surface area contributed by atoms with Gasteiger partial charge < -0.3 is 22.1 Å². The Kier molecular flexibility index (Phi) is 7.86. The number of nitrogens with zero attached hydrogens (tertiary/aromatic N) is 2. The highest BCUT2D eigenvalue weighted by Gasteiger charge is 2.43. The number of piperidine rings is 1. The van der Waals surface area contributed by atoms with Crippen LogP contribution in [0.1, 0.15) is 62.6 Å². The number of nitrogens with one attached hydrogen (secondary N) is 3. The zero-order valence-corrected chi connectivity index (χ0v) is 22.2. The van der Waals surface area contributed by atoms with Crippen molar-refractivity contribution in [3.8, 4) is 0 Å². The minimum absolute atomic E-state index is 0.0467. The van der Waals surface area contributed by atoms with E-state index in [1.54, 1.807) is 31.2 Å². The lowest BCUT2D eigenvalue weighted by atomic mass is 9.73. The summed E-state index contributed by atoms with van der Waals surface area (Å²) in [4.78, 5) is 17.3. The molecule has 2 amide bonds. The SMILES string of the molecule is Cc1nc(S(=O)(=O)N2CCC(C3(NC(=O)Nc4cccc(C(=N)N)c4)CCCCCC3)CC2)sc1N. The van der Waals surface area contributed by atoms with Crippen LogP contribution >= 0.6 is 11.3 Å². The second-order valence-electron chi connectivity index (χ2n) is 9.75. The molecule has 1 saturated carbocycles. The highest BCUT2D eigenvalue weighted by molar-refractivity contribution is 7.91. The van der Waals surface area contributed by atoms with Crippen molar-refractivity contribution in [2.24, 2.45) is 11.7 Å². The summed E-state index contributed by atoms with van der Waals surface area (Å²) in [5.41, 5.74) is 12.7. The maximum absolute atomic E-state index is 13.1. The quantitative estimate of drug-likeness (QED) is 0.216. The zero-order chi connectivity index (χ0) is 25.9. The van der Waals surface area contributed by atoms with Gasteiger partial charge in [-0.3, -0.25) is 5.41 Å². The van der Waals surface area contributed by atoms with Crippen LogP contribution in [-0.2, 0) is 10.0 Å². The summed E-state index contributed by atoms with van der Waals surface area (Å²) in [5, 5.41) is 14.3. The number of urea groups is 1. The molecule has 0 radical (unpaired) electrons. The van der Waals surface area contributed by atoms with Crippen LogP contribution in [0.5, 0.6) is 0 Å². The molecule has 0 unspecified atom stereocenters. The fourth-order valence-electron chi connectivity index (χ4n) is 5.40. The first-order valence-electron chi connectivity index (χ1n) is 12.4. The summed E-state index contributed by atoms with van der Waals surface area (Å²) < 4.78 is 27.8. The van der Waals surface area contributed by atoms with E-state index in [1.807, 2.05) is 0 Å². The fraction of sp³-hybridized carbons (Fsp3) is 0.542. The number of nitrogen functional groups attached to an aromatic ring is 2. The molecule has 7 N–H and O–H groups in total. The van der Waals surface area contributed by atoms with Crippen LogP contribution in [0.3, 0.4) is 0 Å². The number of carbonyl (C=O) groups excluding carboxylic acids is 1. The van der Waals surface area contributed by atoms with Gasteiger partial charge in [0, 0.05) is 29.9 Å². The number of aromatic nitrogens is 1. The third kappa shape index (κ3) is 5.65. The van der Waals surface area contributed by atoms with E-state index in [9.17, 15) is 13.2 Å². The van der Waals surface area contributed by atoms with E-state index < -0.39 is 15.6 Å². The molecule has 0 spiro atoms. The standard InChI is InChI=1S/C24H35N7O3S2/c1-16-21(27)35-23(28-16)36(33,34)31-13-9-18(10-14-31)24(11-4-2-3-5-12-24)30-22(32)29-19-8-6-7-17(15-19)20(25)26/h6-8,15,18H,2-5,9-14,27H2,1H3,(H3,25,26)(H2,29,30,32). The lowest BCUT2D eigenvalue weighted by molar-refractivity contribution is 0.130. The number of hydrogen-bond acceptors (Lipinski definition) is 7. The molecule has 4 rings (SSSR count). The van der Waals surface area contributed by atoms with Crippen LogP contribution in [0, 0.1) is 18.3 Å². The molecule has 1 aromatic carbocycles. The van der Waals surface area contributed by atoms with Crippen molar-refractivity contribution in [2.45, 2.75) is 68.2 Å². The Hall–Kier alpha value is -2.70. The van der Waals surface area contributed by atoms with Gasteiger partial charge in [-0.15, -0.1) is 0 Å². The number of sulfonamides is 1. The Morgan fingerprint density at radius 1 is 1.19 bits per heavy atom. The number of thiazole rings is 1. The molecule has 1 aliphatic carbocycles. The first-order chi connectivity index (χ1) is 17.1. The molecule has 2 aromatic rings. The van der Waals surface area contributed by atoms with Gasteiger partial charge in [-0.2, -0.15) is 4.31 Å². The molecule has 10 nitrogen and oxygen atoms in total. The lowest BCUT2D eigenvalue weighted by Gasteiger charge is -2.44. The van der Waals surface area contributed by atoms with E-state index in [4.69, 9.17) is 16.9 Å². The largest absolute Gasteiger partial charge is 0.389 e. The van der Waals surface area contributed by atoms with E-state index in [2.05, 4.69) is 15.6 Å². The van der Waals surface area contributed by atoms with Crippen molar-refractivity contribution in [1.29, 1.82) is 5.41 Å². The van der Waals surface area contributed by atoms with Crippen LogP contribution in [-0.4, -0.2) is 48.2 Å². The van der Waals surface area contributed by atoms with E-state index >= 15 is 0 Å². The van der Waals surface area contributed by atoms with Crippen molar-refractivity contribution in [3.63, 3.8) is 0 Å². The number of nitrogens with two attached hydrogens (primary N) is 2. The van der Waals surface area contributed by atoms with E-state index in [0.717, 1.165) is 49.9 Å². The maximum Gasteiger partial charge on any atom is 0.319 e. The van der Waals surface area contributed by atoms with Gasteiger partial charge in [0.25, 0.3) is 10.0 Å². The number of amidine groups is 1. The van der Waals surface area contributed by atoms with Crippen molar-refractivity contribution >= 4 is 43.9 Å². The van der Waals surface area contributed by atoms with Crippen molar-refractivity contribution in [1.82, 2.24) is 14.6 Å². The summed E-state index contributed by atoms with van der Waals surface area (Å²) in [6.45, 7) is 2.48. The molecule has 2 heterocycles. The first-order valence-corrected chi connectivity index (χ1v) is 14.6. The van der Waals surface area contributed by atoms with Crippen LogP contribution < -0.4 is 22.1 Å². The molecule has 0 bridgehead atoms. The smallest absolute Gasteiger partial charge is 0.319 e. The minimum Gasteiger partial charge on any atom is -0.389 e. The summed E-state index contributed by atoms with van der Waals surface area (Å²) in [7, 11) is -3.69. The number of amides is 2. The molecule has 2 fully saturated rings. The fourth-order valence-corrected chi connectivity index (χ4v) is 8.14. The topological polar surface area (TPSA) is 167 Å². The van der Waals surface area contributed by atoms with Crippen LogP contribution in [0.15, 0.2) is 28.6 Å². The van der Waals surface area contributed by atoms with Gasteiger partial charge in [-0.25, -0.2) is 18.2 Å². The summed E-state index contributed by atoms with van der Waals surface area (Å²) in [5.74, 6) is 0.107. The molecule has 1 saturated heterocycles. The van der Waals surface area contributed by atoms with Gasteiger partial charge in [-0.1, -0.05) is 49.2 Å². The Morgan fingerprint density at radius 3 is 2.44 bits per heavy atom. The molecule has 1 aliphatic heterocycles. The second-order valence-corrected chi connectivity index (χ2v) is 12.9. The Morgan fingerprint density at radius 2 is 1.86 bits per heavy atom. The summed E-state index contributed by atoms with van der Waals surface area (Å²) >= 11 is 1.01. The maximum atomic E-state index is 13.1. The number of rotatable bonds is 6. The number of benzene rings is 1. The van der Waals surface area contributed by atoms with Crippen molar-refractivity contribution in [2.75, 3.05) is 24.1 Å². The number of hydrogen-bond donors (Lipinski definition) is 5. The second kappa shape index (κ2) is 10.7. The molecule has 1 aromatic heterocycles. The highest BCUT2D eigenvalue weighted by atomic mass is 32.2. The lowest BCUT2D eigenvalue weighted by Crippen LogP contribution is -2.57. The van der Waals surface area contributed by atoms with E-state index in [0.29, 0.717) is 47.9 Å². The molecular formula is C24H35N7O3S2. The third-order valence-corrected chi connectivity index (χ3v) is 10.6. The summed E-state index contributed by atoms with van der Waals surface area (Å²) in [6.07, 6.45) is 7.37. The van der Waals surface area contributed by atoms with Crippen LogP contribution in [0.2, 0.25) is 0 Å². The minimum atomic E-state index is -3.69. The number of carbonyl (C=O) groups is 1. The van der Waals surface area contributed by atoms with E-state index in [-0.39, 0.29) is 22.1 Å². The van der Waals surface area contributed by atoms with Gasteiger partial charge in [0.15, 0.2) is 0 Å². The van der Waals surface area contributed by atoms with Gasteiger partial charge in [0.05, 0.1) is 5.69 Å². The Balaban J connectivity index is 1.47. The Labute approximate surface area is 216 Å². The predicted octanol–water partition coefficient (Wildman–Crippen LogP) is 3.63. The van der Waals surface area contributed by atoms with Crippen molar-refractivity contribution in [3.05, 3.63) is 35.5 Å². The molecule has 2 aliphatic rings. The zero-order valence-electron chi connectivity index (χ0n) is 20.5. The summed E-state index contributed by atoms with van der Waals surface area (Å²) in [6, 6.07) is 6.63. The molecular weight excluding hydrogens is 498 g/mol. The van der Waals surface area contributed by atoms with Gasteiger partial charge >= 0.3 is 6.03 Å². The number of anilines is 2. The van der Waals surface area contributed by atoms with Crippen LogP contribution in [0.25, 0.3) is 0 Å². The molecule has 12 heteroatoms. The third-order valence-electron chi connectivity index (χ3n) is 7.40. The normalized spacial score (nSPS) is 19.4. The Bertz CT molecular complexity index is 1190.